The molecule has 5 rings (SSSR count). The maximum Gasteiger partial charge on any atom is 0.191 e. The molecule has 0 unspecified atom stereocenters. The Hall–Kier alpha value is -2.90. The largest absolute Gasteiger partial charge is 0.497 e. The van der Waals surface area contributed by atoms with E-state index in [1.165, 1.54) is 0 Å². The third-order valence-electron chi connectivity index (χ3n) is 5.48. The molecule has 0 spiro atoms. The van der Waals surface area contributed by atoms with E-state index in [-0.39, 0.29) is 6.10 Å². The Bertz CT molecular complexity index is 1170. The Morgan fingerprint density at radius 2 is 1.94 bits per heavy atom. The molecule has 1 fully saturated rings. The first-order chi connectivity index (χ1) is 15.3. The predicted octanol–water partition coefficient (Wildman–Crippen LogP) is 4.97. The zero-order valence-corrected chi connectivity index (χ0v) is 18.2. The fourth-order valence-corrected chi connectivity index (χ4v) is 4.69. The SMILES string of the molecule is COc1ccc(-c2nnc(SCc3ccc4ccccc4n3)n2C[C@@H]2CCCO2)cc1. The van der Waals surface area contributed by atoms with Gasteiger partial charge in [0.25, 0.3) is 0 Å². The Morgan fingerprint density at radius 3 is 2.74 bits per heavy atom. The van der Waals surface area contributed by atoms with Crippen LogP contribution < -0.4 is 4.74 Å². The summed E-state index contributed by atoms with van der Waals surface area (Å²) in [6.45, 7) is 1.58. The summed E-state index contributed by atoms with van der Waals surface area (Å²) in [5.41, 5.74) is 3.06. The van der Waals surface area contributed by atoms with Crippen molar-refractivity contribution < 1.29 is 9.47 Å². The molecule has 0 bridgehead atoms. The monoisotopic (exact) mass is 432 g/mol. The highest BCUT2D eigenvalue weighted by Gasteiger charge is 2.22. The van der Waals surface area contributed by atoms with E-state index in [2.05, 4.69) is 33.0 Å². The van der Waals surface area contributed by atoms with Crippen molar-refractivity contribution in [1.82, 2.24) is 19.7 Å². The summed E-state index contributed by atoms with van der Waals surface area (Å²) in [4.78, 5) is 4.79. The molecular formula is C24H24N4O2S. The zero-order chi connectivity index (χ0) is 21.0. The minimum absolute atomic E-state index is 0.200. The van der Waals surface area contributed by atoms with Crippen LogP contribution in [0.1, 0.15) is 18.5 Å². The minimum atomic E-state index is 0.200. The summed E-state index contributed by atoms with van der Waals surface area (Å²) in [5.74, 6) is 2.41. The molecule has 4 aromatic rings. The molecule has 2 aromatic carbocycles. The van der Waals surface area contributed by atoms with Gasteiger partial charge < -0.3 is 9.47 Å². The van der Waals surface area contributed by atoms with Crippen LogP contribution in [0.3, 0.4) is 0 Å². The first kappa shape index (κ1) is 20.0. The summed E-state index contributed by atoms with van der Waals surface area (Å²) in [6.07, 6.45) is 2.37. The van der Waals surface area contributed by atoms with Gasteiger partial charge in [0.1, 0.15) is 5.75 Å². The van der Waals surface area contributed by atoms with Gasteiger partial charge in [0.05, 0.1) is 31.0 Å². The van der Waals surface area contributed by atoms with Crippen LogP contribution in [-0.4, -0.2) is 39.6 Å². The number of para-hydroxylation sites is 1. The second-order valence-corrected chi connectivity index (χ2v) is 8.51. The quantitative estimate of drug-likeness (QED) is 0.384. The van der Waals surface area contributed by atoms with Gasteiger partial charge in [0.2, 0.25) is 0 Å². The number of rotatable bonds is 7. The van der Waals surface area contributed by atoms with E-state index in [0.717, 1.165) is 70.6 Å². The minimum Gasteiger partial charge on any atom is -0.497 e. The molecule has 0 aliphatic carbocycles. The van der Waals surface area contributed by atoms with Crippen LogP contribution in [0.5, 0.6) is 5.75 Å². The molecule has 158 valence electrons. The molecule has 7 heteroatoms. The summed E-state index contributed by atoms with van der Waals surface area (Å²) < 4.78 is 13.4. The second-order valence-electron chi connectivity index (χ2n) is 7.56. The van der Waals surface area contributed by atoms with Crippen molar-refractivity contribution in [2.24, 2.45) is 0 Å². The average Bonchev–Trinajstić information content (AvgIpc) is 3.48. The number of pyridine rings is 1. The normalized spacial score (nSPS) is 16.1. The van der Waals surface area contributed by atoms with Crippen LogP contribution in [-0.2, 0) is 17.0 Å². The third-order valence-corrected chi connectivity index (χ3v) is 6.48. The van der Waals surface area contributed by atoms with Gasteiger partial charge in [-0.15, -0.1) is 10.2 Å². The Kier molecular flexibility index (Phi) is 5.86. The van der Waals surface area contributed by atoms with E-state index in [0.29, 0.717) is 0 Å². The maximum absolute atomic E-state index is 5.90. The van der Waals surface area contributed by atoms with Gasteiger partial charge in [-0.05, 0) is 49.2 Å². The second kappa shape index (κ2) is 9.08. The molecule has 1 atom stereocenters. The van der Waals surface area contributed by atoms with Gasteiger partial charge in [-0.3, -0.25) is 9.55 Å². The highest BCUT2D eigenvalue weighted by molar-refractivity contribution is 7.98. The van der Waals surface area contributed by atoms with Gasteiger partial charge >= 0.3 is 0 Å². The van der Waals surface area contributed by atoms with Crippen LogP contribution in [0.4, 0.5) is 0 Å². The van der Waals surface area contributed by atoms with Crippen LogP contribution in [0.2, 0.25) is 0 Å². The van der Waals surface area contributed by atoms with E-state index < -0.39 is 0 Å². The number of benzene rings is 2. The van der Waals surface area contributed by atoms with Crippen molar-refractivity contribution in [2.75, 3.05) is 13.7 Å². The number of thioether (sulfide) groups is 1. The molecule has 1 aliphatic heterocycles. The highest BCUT2D eigenvalue weighted by atomic mass is 32.2. The van der Waals surface area contributed by atoms with Gasteiger partial charge in [-0.25, -0.2) is 0 Å². The number of aromatic nitrogens is 4. The van der Waals surface area contributed by atoms with Crippen LogP contribution in [0.15, 0.2) is 65.8 Å². The van der Waals surface area contributed by atoms with Gasteiger partial charge in [-0.2, -0.15) is 0 Å². The number of ether oxygens (including phenoxy) is 2. The summed E-state index contributed by atoms with van der Waals surface area (Å²) in [7, 11) is 1.67. The van der Waals surface area contributed by atoms with E-state index in [1.807, 2.05) is 42.5 Å². The van der Waals surface area contributed by atoms with Crippen LogP contribution >= 0.6 is 11.8 Å². The molecule has 0 saturated carbocycles. The average molecular weight is 433 g/mol. The van der Waals surface area contributed by atoms with E-state index in [4.69, 9.17) is 14.5 Å². The summed E-state index contributed by atoms with van der Waals surface area (Å²) in [5, 5.41) is 11.1. The summed E-state index contributed by atoms with van der Waals surface area (Å²) in [6, 6.07) is 20.3. The molecule has 0 amide bonds. The maximum atomic E-state index is 5.90. The van der Waals surface area contributed by atoms with E-state index in [9.17, 15) is 0 Å². The van der Waals surface area contributed by atoms with Crippen LogP contribution in [0.25, 0.3) is 22.3 Å². The molecule has 31 heavy (non-hydrogen) atoms. The summed E-state index contributed by atoms with van der Waals surface area (Å²) >= 11 is 1.66. The lowest BCUT2D eigenvalue weighted by Gasteiger charge is -2.15. The number of nitrogens with zero attached hydrogens (tertiary/aromatic N) is 4. The lowest BCUT2D eigenvalue weighted by atomic mass is 10.2. The van der Waals surface area contributed by atoms with Gasteiger partial charge in [0.15, 0.2) is 11.0 Å². The van der Waals surface area contributed by atoms with Crippen molar-refractivity contribution in [3.05, 3.63) is 66.4 Å². The Labute approximate surface area is 185 Å². The van der Waals surface area contributed by atoms with Crippen molar-refractivity contribution in [2.45, 2.75) is 36.4 Å². The van der Waals surface area contributed by atoms with E-state index >= 15 is 0 Å². The molecule has 1 saturated heterocycles. The molecular weight excluding hydrogens is 408 g/mol. The third kappa shape index (κ3) is 4.43. The predicted molar refractivity (Wildman–Crippen MR) is 122 cm³/mol. The van der Waals surface area contributed by atoms with Crippen molar-refractivity contribution in [1.29, 1.82) is 0 Å². The fraction of sp³-hybridized carbons (Fsp3) is 0.292. The lowest BCUT2D eigenvalue weighted by Crippen LogP contribution is -2.16. The van der Waals surface area contributed by atoms with Crippen molar-refractivity contribution in [3.63, 3.8) is 0 Å². The zero-order valence-electron chi connectivity index (χ0n) is 17.4. The first-order valence-corrected chi connectivity index (χ1v) is 11.5. The smallest absolute Gasteiger partial charge is 0.191 e. The fourth-order valence-electron chi connectivity index (χ4n) is 3.83. The number of hydrogen-bond acceptors (Lipinski definition) is 6. The number of fused-ring (bicyclic) bond motifs is 1. The standard InChI is InChI=1S/C24H24N4O2S/c1-29-20-12-9-18(10-13-20)23-26-27-24(28(23)15-21-6-4-14-30-21)31-16-19-11-8-17-5-2-3-7-22(17)25-19/h2-3,5,7-13,21H,4,6,14-16H2,1H3/t21-/m0/s1. The molecule has 0 N–H and O–H groups in total. The number of hydrogen-bond donors (Lipinski definition) is 0. The van der Waals surface area contributed by atoms with Crippen LogP contribution in [0, 0.1) is 0 Å². The molecule has 3 heterocycles. The van der Waals surface area contributed by atoms with E-state index in [1.54, 1.807) is 18.9 Å². The molecule has 1 aliphatic rings. The highest BCUT2D eigenvalue weighted by Crippen LogP contribution is 2.29. The van der Waals surface area contributed by atoms with Gasteiger partial charge in [-0.1, -0.05) is 36.0 Å². The topological polar surface area (TPSA) is 62.1 Å². The molecule has 2 aromatic heterocycles. The van der Waals surface area contributed by atoms with Gasteiger partial charge in [0, 0.05) is 23.3 Å². The van der Waals surface area contributed by atoms with Crippen molar-refractivity contribution >= 4 is 22.7 Å². The first-order valence-electron chi connectivity index (χ1n) is 10.5. The molecule has 0 radical (unpaired) electrons. The van der Waals surface area contributed by atoms with Crippen molar-refractivity contribution in [3.8, 4) is 17.1 Å². The lowest BCUT2D eigenvalue weighted by molar-refractivity contribution is 0.0953. The Balaban J connectivity index is 1.41. The number of methoxy groups -OCH3 is 1. The molecule has 6 nitrogen and oxygen atoms in total. The Morgan fingerprint density at radius 1 is 1.06 bits per heavy atom.